The maximum absolute atomic E-state index is 12.2. The molecule has 1 aliphatic carbocycles. The summed E-state index contributed by atoms with van der Waals surface area (Å²) in [5, 5.41) is 15.2. The molecule has 6 heteroatoms. The van der Waals surface area contributed by atoms with Gasteiger partial charge < -0.3 is 0 Å². The Kier molecular flexibility index (Phi) is 5.36. The van der Waals surface area contributed by atoms with Gasteiger partial charge in [-0.15, -0.1) is 0 Å². The van der Waals surface area contributed by atoms with Crippen LogP contribution in [0.4, 0.5) is 5.69 Å². The molecule has 0 bridgehead atoms. The van der Waals surface area contributed by atoms with E-state index in [1.54, 1.807) is 19.1 Å². The lowest BCUT2D eigenvalue weighted by atomic mass is 9.72. The number of nitrogens with zero attached hydrogens (tertiary/aromatic N) is 2. The van der Waals surface area contributed by atoms with Gasteiger partial charge in [0.1, 0.15) is 0 Å². The Hall–Kier alpha value is -2.24. The SMILES string of the molecule is Cc1ccc(C(=O)NN=C2CCC(C(C)(C)C)CC2)cc1[N+](=O)[O-]. The molecule has 0 aliphatic heterocycles. The number of nitro benzene ring substituents is 1. The first-order chi connectivity index (χ1) is 11.2. The number of benzene rings is 1. The standard InChI is InChI=1S/C18H25N3O3/c1-12-5-6-13(11-16(12)21(23)24)17(22)20-19-15-9-7-14(8-10-15)18(2,3)4/h5-6,11,14H,7-10H2,1-4H3,(H,20,22). The van der Waals surface area contributed by atoms with Gasteiger partial charge in [-0.1, -0.05) is 26.8 Å². The summed E-state index contributed by atoms with van der Waals surface area (Å²) in [7, 11) is 0. The van der Waals surface area contributed by atoms with E-state index in [9.17, 15) is 14.9 Å². The van der Waals surface area contributed by atoms with E-state index in [2.05, 4.69) is 31.3 Å². The number of hydrogen-bond donors (Lipinski definition) is 1. The third-order valence-corrected chi connectivity index (χ3v) is 4.77. The first-order valence-electron chi connectivity index (χ1n) is 8.29. The molecular weight excluding hydrogens is 306 g/mol. The fraction of sp³-hybridized carbons (Fsp3) is 0.556. The van der Waals surface area contributed by atoms with Crippen molar-refractivity contribution in [3.8, 4) is 0 Å². The summed E-state index contributed by atoms with van der Waals surface area (Å²) in [5.74, 6) is 0.260. The molecule has 24 heavy (non-hydrogen) atoms. The highest BCUT2D eigenvalue weighted by atomic mass is 16.6. The van der Waals surface area contributed by atoms with Crippen LogP contribution in [0.2, 0.25) is 0 Å². The van der Waals surface area contributed by atoms with Crippen LogP contribution in [0, 0.1) is 28.4 Å². The van der Waals surface area contributed by atoms with Crippen molar-refractivity contribution in [1.82, 2.24) is 5.43 Å². The van der Waals surface area contributed by atoms with Gasteiger partial charge in [0.15, 0.2) is 0 Å². The van der Waals surface area contributed by atoms with Gasteiger partial charge >= 0.3 is 0 Å². The Morgan fingerprint density at radius 3 is 2.46 bits per heavy atom. The van der Waals surface area contributed by atoms with Crippen molar-refractivity contribution in [1.29, 1.82) is 0 Å². The smallest absolute Gasteiger partial charge is 0.267 e. The van der Waals surface area contributed by atoms with Crippen LogP contribution in [0.15, 0.2) is 23.3 Å². The Labute approximate surface area is 142 Å². The average Bonchev–Trinajstić information content (AvgIpc) is 2.52. The van der Waals surface area contributed by atoms with E-state index in [0.29, 0.717) is 16.9 Å². The Balaban J connectivity index is 1.99. The van der Waals surface area contributed by atoms with Crippen molar-refractivity contribution in [3.63, 3.8) is 0 Å². The summed E-state index contributed by atoms with van der Waals surface area (Å²) < 4.78 is 0. The average molecular weight is 331 g/mol. The predicted molar refractivity (Wildman–Crippen MR) is 94.1 cm³/mol. The summed E-state index contributed by atoms with van der Waals surface area (Å²) >= 11 is 0. The van der Waals surface area contributed by atoms with E-state index >= 15 is 0 Å². The zero-order chi connectivity index (χ0) is 17.9. The summed E-state index contributed by atoms with van der Waals surface area (Å²) in [6.45, 7) is 8.41. The minimum absolute atomic E-state index is 0.0546. The van der Waals surface area contributed by atoms with E-state index in [1.807, 2.05) is 0 Å². The second kappa shape index (κ2) is 7.11. The molecule has 1 fully saturated rings. The van der Waals surface area contributed by atoms with Crippen LogP contribution in [-0.2, 0) is 0 Å². The predicted octanol–water partition coefficient (Wildman–Crippen LogP) is 4.23. The normalized spacial score (nSPS) is 18.2. The molecule has 2 rings (SSSR count). The largest absolute Gasteiger partial charge is 0.273 e. The molecule has 1 saturated carbocycles. The number of carbonyl (C=O) groups is 1. The molecule has 1 aromatic carbocycles. The number of nitrogens with one attached hydrogen (secondary N) is 1. The molecule has 0 atom stereocenters. The molecule has 0 heterocycles. The van der Waals surface area contributed by atoms with Crippen LogP contribution in [0.25, 0.3) is 0 Å². The third-order valence-electron chi connectivity index (χ3n) is 4.77. The number of nitro groups is 1. The number of hydrazone groups is 1. The molecule has 130 valence electrons. The number of hydrogen-bond acceptors (Lipinski definition) is 4. The maximum atomic E-state index is 12.2. The molecule has 0 radical (unpaired) electrons. The van der Waals surface area contributed by atoms with Crippen LogP contribution in [-0.4, -0.2) is 16.5 Å². The van der Waals surface area contributed by atoms with Gasteiger partial charge in [-0.3, -0.25) is 14.9 Å². The molecule has 1 aliphatic rings. The van der Waals surface area contributed by atoms with Crippen LogP contribution >= 0.6 is 0 Å². The van der Waals surface area contributed by atoms with E-state index in [4.69, 9.17) is 0 Å². The van der Waals surface area contributed by atoms with E-state index in [0.717, 1.165) is 31.4 Å². The van der Waals surface area contributed by atoms with Crippen molar-refractivity contribution >= 4 is 17.3 Å². The van der Waals surface area contributed by atoms with Gasteiger partial charge in [0.25, 0.3) is 11.6 Å². The summed E-state index contributed by atoms with van der Waals surface area (Å²) in [6, 6.07) is 4.45. The summed E-state index contributed by atoms with van der Waals surface area (Å²) in [6.07, 6.45) is 3.93. The zero-order valence-electron chi connectivity index (χ0n) is 14.8. The fourth-order valence-corrected chi connectivity index (χ4v) is 3.07. The molecular formula is C18H25N3O3. The number of rotatable bonds is 3. The van der Waals surface area contributed by atoms with Gasteiger partial charge in [0.05, 0.1) is 4.92 Å². The van der Waals surface area contributed by atoms with Crippen LogP contribution < -0.4 is 5.43 Å². The third kappa shape index (κ3) is 4.40. The topological polar surface area (TPSA) is 84.6 Å². The van der Waals surface area contributed by atoms with Crippen molar-refractivity contribution in [3.05, 3.63) is 39.4 Å². The van der Waals surface area contributed by atoms with Gasteiger partial charge in [-0.25, -0.2) is 5.43 Å². The summed E-state index contributed by atoms with van der Waals surface area (Å²) in [5.41, 5.74) is 4.55. The van der Waals surface area contributed by atoms with E-state index < -0.39 is 10.8 Å². The highest BCUT2D eigenvalue weighted by Gasteiger charge is 2.28. The van der Waals surface area contributed by atoms with Crippen molar-refractivity contribution in [2.24, 2.45) is 16.4 Å². The van der Waals surface area contributed by atoms with Gasteiger partial charge in [0, 0.05) is 22.9 Å². The summed E-state index contributed by atoms with van der Waals surface area (Å²) in [4.78, 5) is 22.6. The van der Waals surface area contributed by atoms with Gasteiger partial charge in [-0.2, -0.15) is 5.10 Å². The minimum atomic E-state index is -0.480. The Bertz CT molecular complexity index is 665. The quantitative estimate of drug-likeness (QED) is 0.664. The lowest BCUT2D eigenvalue weighted by Crippen LogP contribution is -2.27. The molecule has 1 N–H and O–H groups in total. The first kappa shape index (κ1) is 18.1. The van der Waals surface area contributed by atoms with Crippen molar-refractivity contribution in [2.45, 2.75) is 53.4 Å². The van der Waals surface area contributed by atoms with Crippen molar-refractivity contribution < 1.29 is 9.72 Å². The molecule has 6 nitrogen and oxygen atoms in total. The molecule has 1 amide bonds. The lowest BCUT2D eigenvalue weighted by molar-refractivity contribution is -0.385. The van der Waals surface area contributed by atoms with Crippen LogP contribution in [0.1, 0.15) is 62.4 Å². The zero-order valence-corrected chi connectivity index (χ0v) is 14.8. The minimum Gasteiger partial charge on any atom is -0.267 e. The number of carbonyl (C=O) groups excluding carboxylic acids is 1. The van der Waals surface area contributed by atoms with E-state index in [1.165, 1.54) is 6.07 Å². The lowest BCUT2D eigenvalue weighted by Gasteiger charge is -2.34. The Morgan fingerprint density at radius 2 is 1.92 bits per heavy atom. The molecule has 0 saturated heterocycles. The fourth-order valence-electron chi connectivity index (χ4n) is 3.07. The molecule has 0 aromatic heterocycles. The molecule has 0 unspecified atom stereocenters. The second-order valence-electron chi connectivity index (χ2n) is 7.52. The van der Waals surface area contributed by atoms with Crippen LogP contribution in [0.3, 0.4) is 0 Å². The van der Waals surface area contributed by atoms with Gasteiger partial charge in [0.2, 0.25) is 0 Å². The van der Waals surface area contributed by atoms with Gasteiger partial charge in [-0.05, 0) is 50.0 Å². The Morgan fingerprint density at radius 1 is 1.29 bits per heavy atom. The number of aryl methyl sites for hydroxylation is 1. The van der Waals surface area contributed by atoms with Crippen LogP contribution in [0.5, 0.6) is 0 Å². The highest BCUT2D eigenvalue weighted by Crippen LogP contribution is 2.36. The molecule has 1 aromatic rings. The van der Waals surface area contributed by atoms with Crippen molar-refractivity contribution in [2.75, 3.05) is 0 Å². The maximum Gasteiger partial charge on any atom is 0.273 e. The van der Waals surface area contributed by atoms with E-state index in [-0.39, 0.29) is 11.3 Å². The second-order valence-corrected chi connectivity index (χ2v) is 7.52. The first-order valence-corrected chi connectivity index (χ1v) is 8.29. The molecule has 0 spiro atoms. The number of amides is 1. The monoisotopic (exact) mass is 331 g/mol. The highest BCUT2D eigenvalue weighted by molar-refractivity contribution is 5.96.